The normalized spacial score (nSPS) is 12.5. The Bertz CT molecular complexity index is 745. The summed E-state index contributed by atoms with van der Waals surface area (Å²) in [5.41, 5.74) is 4.04. The van der Waals surface area contributed by atoms with Crippen molar-refractivity contribution in [1.82, 2.24) is 5.32 Å². The smallest absolute Gasteiger partial charge is 0.00147 e. The van der Waals surface area contributed by atoms with Gasteiger partial charge in [-0.3, -0.25) is 0 Å². The number of nitrogens with one attached hydrogen (secondary N) is 1. The Morgan fingerprint density at radius 3 is 2.38 bits per heavy atom. The first-order valence-corrected chi connectivity index (χ1v) is 7.52. The van der Waals surface area contributed by atoms with Crippen LogP contribution < -0.4 is 5.32 Å². The van der Waals surface area contributed by atoms with Gasteiger partial charge < -0.3 is 5.32 Å². The molecule has 1 heteroatoms. The molecule has 106 valence electrons. The van der Waals surface area contributed by atoms with E-state index in [-0.39, 0.29) is 0 Å². The van der Waals surface area contributed by atoms with Crippen LogP contribution in [0.3, 0.4) is 0 Å². The summed E-state index contributed by atoms with van der Waals surface area (Å²) in [4.78, 5) is 0. The molecule has 0 saturated heterocycles. The van der Waals surface area contributed by atoms with Crippen LogP contribution in [0.5, 0.6) is 0 Å². The Morgan fingerprint density at radius 1 is 0.857 bits per heavy atom. The number of rotatable bonds is 4. The minimum absolute atomic E-state index is 0.498. The molecular formula is C20H21N. The maximum absolute atomic E-state index is 3.27. The van der Waals surface area contributed by atoms with Gasteiger partial charge in [0.1, 0.15) is 0 Å². The van der Waals surface area contributed by atoms with Crippen molar-refractivity contribution in [2.75, 3.05) is 13.6 Å². The van der Waals surface area contributed by atoms with E-state index in [0.29, 0.717) is 5.92 Å². The van der Waals surface area contributed by atoms with Crippen molar-refractivity contribution < 1.29 is 0 Å². The average Bonchev–Trinajstić information content (AvgIpc) is 2.54. The van der Waals surface area contributed by atoms with Crippen molar-refractivity contribution in [3.8, 4) is 11.1 Å². The van der Waals surface area contributed by atoms with E-state index in [1.165, 1.54) is 27.5 Å². The molecule has 0 saturated carbocycles. The molecule has 21 heavy (non-hydrogen) atoms. The minimum Gasteiger partial charge on any atom is -0.319 e. The summed E-state index contributed by atoms with van der Waals surface area (Å²) in [5, 5.41) is 5.87. The zero-order valence-corrected chi connectivity index (χ0v) is 12.6. The van der Waals surface area contributed by atoms with Gasteiger partial charge in [0.15, 0.2) is 0 Å². The van der Waals surface area contributed by atoms with E-state index in [1.54, 1.807) is 0 Å². The summed E-state index contributed by atoms with van der Waals surface area (Å²) in [6.45, 7) is 3.26. The van der Waals surface area contributed by atoms with Gasteiger partial charge in [0.25, 0.3) is 0 Å². The fourth-order valence-corrected chi connectivity index (χ4v) is 2.96. The van der Waals surface area contributed by atoms with E-state index in [0.717, 1.165) is 6.54 Å². The number of fused-ring (bicyclic) bond motifs is 1. The summed E-state index contributed by atoms with van der Waals surface area (Å²) in [6.07, 6.45) is 0. The van der Waals surface area contributed by atoms with Crippen molar-refractivity contribution in [3.63, 3.8) is 0 Å². The molecular weight excluding hydrogens is 254 g/mol. The Balaban J connectivity index is 2.09. The Kier molecular flexibility index (Phi) is 4.03. The van der Waals surface area contributed by atoms with Crippen LogP contribution in [-0.2, 0) is 0 Å². The number of likely N-dealkylation sites (N-methyl/N-ethyl adjacent to an activating group) is 1. The third kappa shape index (κ3) is 2.84. The standard InChI is InChI=1S/C20H21N/c1-15(14-21-2)19-9-5-6-10-20(19)18-12-11-16-7-3-4-8-17(16)13-18/h3-13,15,21H,14H2,1-2H3/t15-/m1/s1. The number of hydrogen-bond acceptors (Lipinski definition) is 1. The van der Waals surface area contributed by atoms with E-state index >= 15 is 0 Å². The van der Waals surface area contributed by atoms with Crippen LogP contribution in [0.25, 0.3) is 21.9 Å². The number of hydrogen-bond donors (Lipinski definition) is 1. The lowest BCUT2D eigenvalue weighted by molar-refractivity contribution is 0.679. The maximum Gasteiger partial charge on any atom is 0.00147 e. The molecule has 3 rings (SSSR count). The predicted octanol–water partition coefficient (Wildman–Crippen LogP) is 4.83. The van der Waals surface area contributed by atoms with E-state index in [1.807, 2.05) is 7.05 Å². The predicted molar refractivity (Wildman–Crippen MR) is 91.7 cm³/mol. The third-order valence-corrected chi connectivity index (χ3v) is 4.06. The zero-order valence-electron chi connectivity index (χ0n) is 12.6. The van der Waals surface area contributed by atoms with Gasteiger partial charge in [-0.2, -0.15) is 0 Å². The zero-order chi connectivity index (χ0) is 14.7. The van der Waals surface area contributed by atoms with Crippen LogP contribution in [0.4, 0.5) is 0 Å². The quantitative estimate of drug-likeness (QED) is 0.719. The van der Waals surface area contributed by atoms with E-state index in [2.05, 4.69) is 79.0 Å². The molecule has 1 N–H and O–H groups in total. The first-order valence-electron chi connectivity index (χ1n) is 7.52. The second-order valence-corrected chi connectivity index (χ2v) is 5.61. The van der Waals surface area contributed by atoms with Crippen molar-refractivity contribution in [2.24, 2.45) is 0 Å². The van der Waals surface area contributed by atoms with E-state index < -0.39 is 0 Å². The molecule has 0 spiro atoms. The fraction of sp³-hybridized carbons (Fsp3) is 0.200. The van der Waals surface area contributed by atoms with Crippen molar-refractivity contribution in [3.05, 3.63) is 72.3 Å². The van der Waals surface area contributed by atoms with Gasteiger partial charge in [-0.1, -0.05) is 67.6 Å². The summed E-state index contributed by atoms with van der Waals surface area (Å²) in [6, 6.07) is 24.0. The first kappa shape index (κ1) is 13.8. The SMILES string of the molecule is CNC[C@@H](C)c1ccccc1-c1ccc2ccccc2c1. The Labute approximate surface area is 126 Å². The molecule has 0 bridgehead atoms. The second kappa shape index (κ2) is 6.11. The lowest BCUT2D eigenvalue weighted by atomic mass is 9.90. The maximum atomic E-state index is 3.27. The largest absolute Gasteiger partial charge is 0.319 e. The molecule has 0 aliphatic heterocycles. The lowest BCUT2D eigenvalue weighted by Crippen LogP contribution is -2.15. The van der Waals surface area contributed by atoms with Crippen LogP contribution in [0.15, 0.2) is 66.7 Å². The molecule has 1 nitrogen and oxygen atoms in total. The van der Waals surface area contributed by atoms with Gasteiger partial charge >= 0.3 is 0 Å². The lowest BCUT2D eigenvalue weighted by Gasteiger charge is -2.16. The van der Waals surface area contributed by atoms with Crippen molar-refractivity contribution in [2.45, 2.75) is 12.8 Å². The third-order valence-electron chi connectivity index (χ3n) is 4.06. The second-order valence-electron chi connectivity index (χ2n) is 5.61. The van der Waals surface area contributed by atoms with Crippen LogP contribution in [0.2, 0.25) is 0 Å². The molecule has 0 heterocycles. The molecule has 0 aliphatic carbocycles. The molecule has 0 fully saturated rings. The summed E-state index contributed by atoms with van der Waals surface area (Å²) < 4.78 is 0. The highest BCUT2D eigenvalue weighted by Gasteiger charge is 2.11. The monoisotopic (exact) mass is 275 g/mol. The molecule has 0 aliphatic rings. The van der Waals surface area contributed by atoms with Gasteiger partial charge in [-0.05, 0) is 46.5 Å². The Hall–Kier alpha value is -2.12. The topological polar surface area (TPSA) is 12.0 Å². The molecule has 0 unspecified atom stereocenters. The van der Waals surface area contributed by atoms with Crippen molar-refractivity contribution in [1.29, 1.82) is 0 Å². The first-order chi connectivity index (χ1) is 10.3. The van der Waals surface area contributed by atoms with Gasteiger partial charge in [-0.25, -0.2) is 0 Å². The summed E-state index contributed by atoms with van der Waals surface area (Å²) in [5.74, 6) is 0.498. The Morgan fingerprint density at radius 2 is 1.57 bits per heavy atom. The summed E-state index contributed by atoms with van der Waals surface area (Å²) >= 11 is 0. The molecule has 0 amide bonds. The van der Waals surface area contributed by atoms with Crippen molar-refractivity contribution >= 4 is 10.8 Å². The van der Waals surface area contributed by atoms with Crippen LogP contribution in [0, 0.1) is 0 Å². The highest BCUT2D eigenvalue weighted by Crippen LogP contribution is 2.31. The van der Waals surface area contributed by atoms with Gasteiger partial charge in [-0.15, -0.1) is 0 Å². The van der Waals surface area contributed by atoms with Crippen LogP contribution >= 0.6 is 0 Å². The molecule has 0 radical (unpaired) electrons. The summed E-state index contributed by atoms with van der Waals surface area (Å²) in [7, 11) is 2.01. The van der Waals surface area contributed by atoms with Crippen LogP contribution in [-0.4, -0.2) is 13.6 Å². The highest BCUT2D eigenvalue weighted by atomic mass is 14.8. The molecule has 0 aromatic heterocycles. The average molecular weight is 275 g/mol. The molecule has 3 aromatic carbocycles. The molecule has 3 aromatic rings. The van der Waals surface area contributed by atoms with Gasteiger partial charge in [0.05, 0.1) is 0 Å². The van der Waals surface area contributed by atoms with Crippen LogP contribution in [0.1, 0.15) is 18.4 Å². The number of benzene rings is 3. The highest BCUT2D eigenvalue weighted by molar-refractivity contribution is 5.87. The van der Waals surface area contributed by atoms with E-state index in [9.17, 15) is 0 Å². The minimum atomic E-state index is 0.498. The van der Waals surface area contributed by atoms with E-state index in [4.69, 9.17) is 0 Å². The molecule has 1 atom stereocenters. The fourth-order valence-electron chi connectivity index (χ4n) is 2.96. The van der Waals surface area contributed by atoms with Gasteiger partial charge in [0.2, 0.25) is 0 Å². The van der Waals surface area contributed by atoms with Gasteiger partial charge in [0, 0.05) is 6.54 Å².